The quantitative estimate of drug-likeness (QED) is 0.759. The van der Waals surface area contributed by atoms with Gasteiger partial charge in [0.25, 0.3) is 0 Å². The summed E-state index contributed by atoms with van der Waals surface area (Å²) in [5.41, 5.74) is 4.39. The predicted octanol–water partition coefficient (Wildman–Crippen LogP) is 3.35. The van der Waals surface area contributed by atoms with Crippen molar-refractivity contribution in [3.05, 3.63) is 45.7 Å². The number of hydrogen-bond donors (Lipinski definition) is 2. The maximum absolute atomic E-state index is 12.1. The SMILES string of the molecule is Cc1nn(C)c(C)c1CCNC(C)CC(=O)Nc1ccc(Br)cc1. The summed E-state index contributed by atoms with van der Waals surface area (Å²) in [7, 11) is 1.97. The van der Waals surface area contributed by atoms with Crippen LogP contribution >= 0.6 is 15.9 Å². The van der Waals surface area contributed by atoms with Crippen LogP contribution in [0.2, 0.25) is 0 Å². The molecule has 5 nitrogen and oxygen atoms in total. The first kappa shape index (κ1) is 18.7. The van der Waals surface area contributed by atoms with Crippen LogP contribution in [0.3, 0.4) is 0 Å². The second-order valence-corrected chi connectivity index (χ2v) is 7.05. The van der Waals surface area contributed by atoms with Gasteiger partial charge in [0.2, 0.25) is 5.91 Å². The highest BCUT2D eigenvalue weighted by atomic mass is 79.9. The number of hydrogen-bond acceptors (Lipinski definition) is 3. The lowest BCUT2D eigenvalue weighted by molar-refractivity contribution is -0.116. The van der Waals surface area contributed by atoms with Gasteiger partial charge >= 0.3 is 0 Å². The molecular weight excluding hydrogens is 368 g/mol. The van der Waals surface area contributed by atoms with Crippen molar-refractivity contribution in [3.63, 3.8) is 0 Å². The normalized spacial score (nSPS) is 12.2. The number of benzene rings is 1. The van der Waals surface area contributed by atoms with E-state index in [1.165, 1.54) is 11.3 Å². The van der Waals surface area contributed by atoms with E-state index in [0.717, 1.165) is 28.8 Å². The molecule has 0 aliphatic rings. The van der Waals surface area contributed by atoms with Gasteiger partial charge in [-0.3, -0.25) is 9.48 Å². The van der Waals surface area contributed by atoms with Crippen LogP contribution in [0.5, 0.6) is 0 Å². The van der Waals surface area contributed by atoms with E-state index in [1.807, 2.05) is 49.8 Å². The maximum atomic E-state index is 12.1. The summed E-state index contributed by atoms with van der Waals surface area (Å²) in [4.78, 5) is 12.1. The fourth-order valence-corrected chi connectivity index (χ4v) is 2.98. The Morgan fingerprint density at radius 2 is 1.96 bits per heavy atom. The highest BCUT2D eigenvalue weighted by Gasteiger charge is 2.11. The standard InChI is InChI=1S/C18H25BrN4O/c1-12(11-18(24)21-16-7-5-15(19)6-8-16)20-10-9-17-13(2)22-23(4)14(17)3/h5-8,12,20H,9-11H2,1-4H3,(H,21,24). The topological polar surface area (TPSA) is 59.0 Å². The van der Waals surface area contributed by atoms with Crippen molar-refractivity contribution in [2.45, 2.75) is 39.7 Å². The number of halogens is 1. The molecule has 0 bridgehead atoms. The second kappa shape index (κ2) is 8.44. The number of aryl methyl sites for hydroxylation is 2. The average Bonchev–Trinajstić information content (AvgIpc) is 2.75. The van der Waals surface area contributed by atoms with Gasteiger partial charge in [0.15, 0.2) is 0 Å². The molecule has 1 unspecified atom stereocenters. The molecule has 2 rings (SSSR count). The first-order valence-corrected chi connectivity index (χ1v) is 8.94. The number of carbonyl (C=O) groups excluding carboxylic acids is 1. The van der Waals surface area contributed by atoms with Crippen LogP contribution in [0, 0.1) is 13.8 Å². The summed E-state index contributed by atoms with van der Waals surface area (Å²) in [6.45, 7) is 6.99. The number of nitrogens with zero attached hydrogens (tertiary/aromatic N) is 2. The highest BCUT2D eigenvalue weighted by molar-refractivity contribution is 9.10. The maximum Gasteiger partial charge on any atom is 0.225 e. The molecule has 0 spiro atoms. The van der Waals surface area contributed by atoms with Crippen LogP contribution in [-0.4, -0.2) is 28.3 Å². The number of anilines is 1. The van der Waals surface area contributed by atoms with E-state index in [4.69, 9.17) is 0 Å². The number of amides is 1. The van der Waals surface area contributed by atoms with E-state index in [1.54, 1.807) is 0 Å². The number of rotatable bonds is 7. The fourth-order valence-electron chi connectivity index (χ4n) is 2.72. The Labute approximate surface area is 152 Å². The van der Waals surface area contributed by atoms with E-state index in [0.29, 0.717) is 6.42 Å². The van der Waals surface area contributed by atoms with E-state index >= 15 is 0 Å². The monoisotopic (exact) mass is 392 g/mol. The molecule has 0 saturated carbocycles. The molecule has 1 aromatic carbocycles. The van der Waals surface area contributed by atoms with Crippen LogP contribution in [-0.2, 0) is 18.3 Å². The summed E-state index contributed by atoms with van der Waals surface area (Å²) in [6, 6.07) is 7.71. The van der Waals surface area contributed by atoms with Crippen LogP contribution in [0.15, 0.2) is 28.7 Å². The van der Waals surface area contributed by atoms with Crippen LogP contribution < -0.4 is 10.6 Å². The molecule has 0 fully saturated rings. The number of aromatic nitrogens is 2. The van der Waals surface area contributed by atoms with Gasteiger partial charge in [-0.05, 0) is 63.6 Å². The van der Waals surface area contributed by atoms with E-state index in [9.17, 15) is 4.79 Å². The van der Waals surface area contributed by atoms with Crippen molar-refractivity contribution in [1.82, 2.24) is 15.1 Å². The Balaban J connectivity index is 1.75. The van der Waals surface area contributed by atoms with Crippen molar-refractivity contribution >= 4 is 27.5 Å². The molecule has 1 aromatic heterocycles. The van der Waals surface area contributed by atoms with Gasteiger partial charge in [0, 0.05) is 35.4 Å². The lowest BCUT2D eigenvalue weighted by Gasteiger charge is -2.14. The van der Waals surface area contributed by atoms with Crippen LogP contribution in [0.25, 0.3) is 0 Å². The molecule has 6 heteroatoms. The first-order valence-electron chi connectivity index (χ1n) is 8.14. The van der Waals surface area contributed by atoms with Gasteiger partial charge in [0.05, 0.1) is 5.69 Å². The summed E-state index contributed by atoms with van der Waals surface area (Å²) in [5, 5.41) is 10.8. The smallest absolute Gasteiger partial charge is 0.225 e. The summed E-state index contributed by atoms with van der Waals surface area (Å²) < 4.78 is 2.91. The lowest BCUT2D eigenvalue weighted by Crippen LogP contribution is -2.32. The molecule has 1 heterocycles. The molecule has 0 aliphatic carbocycles. The molecule has 1 amide bonds. The van der Waals surface area contributed by atoms with Gasteiger partial charge in [-0.1, -0.05) is 15.9 Å². The Bertz CT molecular complexity index is 694. The molecule has 0 radical (unpaired) electrons. The van der Waals surface area contributed by atoms with Crippen molar-refractivity contribution < 1.29 is 4.79 Å². The molecular formula is C18H25BrN4O. The van der Waals surface area contributed by atoms with Crippen molar-refractivity contribution in [2.75, 3.05) is 11.9 Å². The number of nitrogens with one attached hydrogen (secondary N) is 2. The summed E-state index contributed by atoms with van der Waals surface area (Å²) in [6.07, 6.45) is 1.37. The van der Waals surface area contributed by atoms with Gasteiger partial charge < -0.3 is 10.6 Å². The molecule has 1 atom stereocenters. The van der Waals surface area contributed by atoms with Crippen molar-refractivity contribution in [2.24, 2.45) is 7.05 Å². The Morgan fingerprint density at radius 1 is 1.29 bits per heavy atom. The van der Waals surface area contributed by atoms with E-state index in [2.05, 4.69) is 38.6 Å². The second-order valence-electron chi connectivity index (χ2n) is 6.14. The fraction of sp³-hybridized carbons (Fsp3) is 0.444. The average molecular weight is 393 g/mol. The summed E-state index contributed by atoms with van der Waals surface area (Å²) in [5.74, 6) is 0.0195. The molecule has 0 saturated heterocycles. The largest absolute Gasteiger partial charge is 0.326 e. The molecule has 2 N–H and O–H groups in total. The van der Waals surface area contributed by atoms with Gasteiger partial charge in [0.1, 0.15) is 0 Å². The zero-order valence-corrected chi connectivity index (χ0v) is 16.3. The van der Waals surface area contributed by atoms with Gasteiger partial charge in [-0.25, -0.2) is 0 Å². The number of carbonyl (C=O) groups is 1. The zero-order valence-electron chi connectivity index (χ0n) is 14.7. The van der Waals surface area contributed by atoms with Crippen LogP contribution in [0.4, 0.5) is 5.69 Å². The van der Waals surface area contributed by atoms with Gasteiger partial charge in [-0.15, -0.1) is 0 Å². The highest BCUT2D eigenvalue weighted by Crippen LogP contribution is 2.15. The molecule has 2 aromatic rings. The molecule has 24 heavy (non-hydrogen) atoms. The zero-order chi connectivity index (χ0) is 17.7. The van der Waals surface area contributed by atoms with Crippen LogP contribution in [0.1, 0.15) is 30.3 Å². The van der Waals surface area contributed by atoms with Crippen molar-refractivity contribution in [3.8, 4) is 0 Å². The van der Waals surface area contributed by atoms with Gasteiger partial charge in [-0.2, -0.15) is 5.10 Å². The Kier molecular flexibility index (Phi) is 6.57. The Hall–Kier alpha value is -1.66. The third kappa shape index (κ3) is 5.18. The molecule has 130 valence electrons. The van der Waals surface area contributed by atoms with E-state index < -0.39 is 0 Å². The van der Waals surface area contributed by atoms with E-state index in [-0.39, 0.29) is 11.9 Å². The van der Waals surface area contributed by atoms with Crippen molar-refractivity contribution in [1.29, 1.82) is 0 Å². The first-order chi connectivity index (χ1) is 11.4. The Morgan fingerprint density at radius 3 is 2.54 bits per heavy atom. The minimum Gasteiger partial charge on any atom is -0.326 e. The lowest BCUT2D eigenvalue weighted by atomic mass is 10.1. The third-order valence-electron chi connectivity index (χ3n) is 4.15. The predicted molar refractivity (Wildman–Crippen MR) is 101 cm³/mol. The summed E-state index contributed by atoms with van der Waals surface area (Å²) >= 11 is 3.38. The minimum atomic E-state index is 0.0195. The third-order valence-corrected chi connectivity index (χ3v) is 4.67. The molecule has 0 aliphatic heterocycles. The minimum absolute atomic E-state index is 0.0195.